The second kappa shape index (κ2) is 1.84. The van der Waals surface area contributed by atoms with E-state index in [2.05, 4.69) is 23.9 Å². The fourth-order valence-corrected chi connectivity index (χ4v) is 1.61. The largest absolute Gasteiger partial charge is 0.249 e. The van der Waals surface area contributed by atoms with E-state index >= 15 is 0 Å². The van der Waals surface area contributed by atoms with Crippen LogP contribution in [0.2, 0.25) is 0 Å². The molecule has 0 aromatic carbocycles. The molecule has 0 radical (unpaired) electrons. The lowest BCUT2D eigenvalue weighted by Crippen LogP contribution is -2.13. The van der Waals surface area contributed by atoms with Gasteiger partial charge in [-0.05, 0) is 13.3 Å². The van der Waals surface area contributed by atoms with Crippen molar-refractivity contribution in [1.82, 2.24) is 14.8 Å². The molecule has 1 aromatic heterocycles. The lowest BCUT2D eigenvalue weighted by atomic mass is 9.91. The van der Waals surface area contributed by atoms with Gasteiger partial charge in [-0.15, -0.1) is 0 Å². The normalized spacial score (nSPS) is 20.3. The van der Waals surface area contributed by atoms with Gasteiger partial charge in [0.2, 0.25) is 0 Å². The molecule has 11 heavy (non-hydrogen) atoms. The number of nitrogens with zero attached hydrogens (tertiary/aromatic N) is 3. The maximum absolute atomic E-state index is 4.40. The van der Waals surface area contributed by atoms with E-state index in [0.29, 0.717) is 0 Å². The van der Waals surface area contributed by atoms with Gasteiger partial charge in [-0.2, -0.15) is 5.10 Å². The van der Waals surface area contributed by atoms with E-state index < -0.39 is 0 Å². The minimum Gasteiger partial charge on any atom is -0.249 e. The maximum atomic E-state index is 4.40. The zero-order valence-corrected chi connectivity index (χ0v) is 7.26. The molecule has 0 atom stereocenters. The van der Waals surface area contributed by atoms with Crippen molar-refractivity contribution in [2.45, 2.75) is 39.2 Å². The quantitative estimate of drug-likeness (QED) is 0.559. The summed E-state index contributed by atoms with van der Waals surface area (Å²) in [7, 11) is 0. The van der Waals surface area contributed by atoms with Crippen molar-refractivity contribution in [2.24, 2.45) is 0 Å². The van der Waals surface area contributed by atoms with Crippen LogP contribution in [0.25, 0.3) is 0 Å². The predicted octanol–water partition coefficient (Wildman–Crippen LogP) is 1.27. The highest BCUT2D eigenvalue weighted by atomic mass is 15.4. The monoisotopic (exact) mass is 151 g/mol. The first kappa shape index (κ1) is 6.83. The van der Waals surface area contributed by atoms with Crippen LogP contribution in [0.5, 0.6) is 0 Å². The molecule has 0 bridgehead atoms. The van der Waals surface area contributed by atoms with E-state index in [0.717, 1.165) is 18.2 Å². The molecule has 2 rings (SSSR count). The van der Waals surface area contributed by atoms with Gasteiger partial charge in [-0.3, -0.25) is 0 Å². The first-order valence-electron chi connectivity index (χ1n) is 4.01. The Morgan fingerprint density at radius 1 is 1.45 bits per heavy atom. The van der Waals surface area contributed by atoms with E-state index in [4.69, 9.17) is 0 Å². The second-order valence-electron chi connectivity index (χ2n) is 3.84. The Morgan fingerprint density at radius 3 is 2.82 bits per heavy atom. The van der Waals surface area contributed by atoms with Crippen molar-refractivity contribution < 1.29 is 0 Å². The smallest absolute Gasteiger partial charge is 0.147 e. The maximum Gasteiger partial charge on any atom is 0.147 e. The average molecular weight is 151 g/mol. The Balaban J connectivity index is 2.54. The van der Waals surface area contributed by atoms with Crippen molar-refractivity contribution >= 4 is 0 Å². The van der Waals surface area contributed by atoms with Crippen molar-refractivity contribution in [2.75, 3.05) is 0 Å². The van der Waals surface area contributed by atoms with Crippen molar-refractivity contribution in [1.29, 1.82) is 0 Å². The highest BCUT2D eigenvalue weighted by Crippen LogP contribution is 2.31. The number of rotatable bonds is 0. The Labute approximate surface area is 66.4 Å². The van der Waals surface area contributed by atoms with Crippen LogP contribution in [0.15, 0.2) is 0 Å². The Morgan fingerprint density at radius 2 is 2.18 bits per heavy atom. The minimum absolute atomic E-state index is 0.237. The standard InChI is InChI=1S/C8H13N3/c1-6-9-7-8(2,3)4-5-11(7)10-6/h4-5H2,1-3H3. The van der Waals surface area contributed by atoms with Gasteiger partial charge in [0.05, 0.1) is 0 Å². The molecule has 3 heteroatoms. The van der Waals surface area contributed by atoms with Gasteiger partial charge in [0, 0.05) is 12.0 Å². The van der Waals surface area contributed by atoms with Gasteiger partial charge in [-0.25, -0.2) is 9.67 Å². The summed E-state index contributed by atoms with van der Waals surface area (Å²) >= 11 is 0. The van der Waals surface area contributed by atoms with E-state index in [9.17, 15) is 0 Å². The first-order chi connectivity index (χ1) is 5.09. The number of hydrogen-bond acceptors (Lipinski definition) is 2. The molecule has 1 aliphatic heterocycles. The van der Waals surface area contributed by atoms with Gasteiger partial charge < -0.3 is 0 Å². The third kappa shape index (κ3) is 0.870. The molecule has 1 aromatic rings. The summed E-state index contributed by atoms with van der Waals surface area (Å²) in [5.74, 6) is 2.04. The number of aromatic nitrogens is 3. The lowest BCUT2D eigenvalue weighted by Gasteiger charge is -2.12. The van der Waals surface area contributed by atoms with Gasteiger partial charge >= 0.3 is 0 Å². The van der Waals surface area contributed by atoms with E-state index in [1.165, 1.54) is 6.42 Å². The van der Waals surface area contributed by atoms with E-state index in [1.54, 1.807) is 0 Å². The molecular formula is C8H13N3. The van der Waals surface area contributed by atoms with Crippen LogP contribution in [0, 0.1) is 6.92 Å². The zero-order chi connectivity index (χ0) is 8.06. The van der Waals surface area contributed by atoms with Gasteiger partial charge in [0.25, 0.3) is 0 Å². The fraction of sp³-hybridized carbons (Fsp3) is 0.750. The summed E-state index contributed by atoms with van der Waals surface area (Å²) in [6, 6.07) is 0. The van der Waals surface area contributed by atoms with Crippen LogP contribution in [-0.2, 0) is 12.0 Å². The molecule has 1 aliphatic rings. The summed E-state index contributed by atoms with van der Waals surface area (Å²) < 4.78 is 2.02. The van der Waals surface area contributed by atoms with E-state index in [1.807, 2.05) is 11.6 Å². The third-order valence-electron chi connectivity index (χ3n) is 2.33. The summed E-state index contributed by atoms with van der Waals surface area (Å²) in [6.07, 6.45) is 1.17. The number of fused-ring (bicyclic) bond motifs is 1. The lowest BCUT2D eigenvalue weighted by molar-refractivity contribution is 0.505. The summed E-state index contributed by atoms with van der Waals surface area (Å²) in [5, 5.41) is 4.29. The Kier molecular flexibility index (Phi) is 1.14. The molecule has 0 fully saturated rings. The molecule has 0 saturated heterocycles. The highest BCUT2D eigenvalue weighted by Gasteiger charge is 2.32. The summed E-state index contributed by atoms with van der Waals surface area (Å²) in [5.41, 5.74) is 0.237. The molecule has 0 unspecified atom stereocenters. The third-order valence-corrected chi connectivity index (χ3v) is 2.33. The first-order valence-corrected chi connectivity index (χ1v) is 4.01. The second-order valence-corrected chi connectivity index (χ2v) is 3.84. The minimum atomic E-state index is 0.237. The van der Waals surface area contributed by atoms with Crippen molar-refractivity contribution in [3.63, 3.8) is 0 Å². The number of hydrogen-bond donors (Lipinski definition) is 0. The van der Waals surface area contributed by atoms with Crippen LogP contribution in [0.1, 0.15) is 31.9 Å². The molecule has 3 nitrogen and oxygen atoms in total. The molecule has 60 valence electrons. The Hall–Kier alpha value is -0.860. The van der Waals surface area contributed by atoms with Crippen LogP contribution in [0.4, 0.5) is 0 Å². The molecule has 0 aliphatic carbocycles. The average Bonchev–Trinajstić information content (AvgIpc) is 2.35. The van der Waals surface area contributed by atoms with Gasteiger partial charge in [-0.1, -0.05) is 13.8 Å². The highest BCUT2D eigenvalue weighted by molar-refractivity contribution is 5.09. The van der Waals surface area contributed by atoms with Gasteiger partial charge in [0.15, 0.2) is 0 Å². The molecule has 2 heterocycles. The van der Waals surface area contributed by atoms with Crippen LogP contribution in [0.3, 0.4) is 0 Å². The SMILES string of the molecule is Cc1nc2n(n1)CCC2(C)C. The Bertz CT molecular complexity index is 286. The van der Waals surface area contributed by atoms with E-state index in [-0.39, 0.29) is 5.41 Å². The van der Waals surface area contributed by atoms with Gasteiger partial charge in [0.1, 0.15) is 11.6 Å². The molecule has 0 saturated carbocycles. The van der Waals surface area contributed by atoms with Crippen LogP contribution >= 0.6 is 0 Å². The number of aryl methyl sites for hydroxylation is 2. The summed E-state index contributed by atoms with van der Waals surface area (Å²) in [6.45, 7) is 7.42. The fourth-order valence-electron chi connectivity index (χ4n) is 1.61. The molecule has 0 N–H and O–H groups in total. The molecular weight excluding hydrogens is 138 g/mol. The van der Waals surface area contributed by atoms with Crippen LogP contribution in [-0.4, -0.2) is 14.8 Å². The molecule has 0 amide bonds. The topological polar surface area (TPSA) is 30.7 Å². The van der Waals surface area contributed by atoms with Crippen molar-refractivity contribution in [3.05, 3.63) is 11.6 Å². The summed E-state index contributed by atoms with van der Waals surface area (Å²) in [4.78, 5) is 4.40. The molecule has 0 spiro atoms. The van der Waals surface area contributed by atoms with Crippen LogP contribution < -0.4 is 0 Å². The van der Waals surface area contributed by atoms with Crippen molar-refractivity contribution in [3.8, 4) is 0 Å². The predicted molar refractivity (Wildman–Crippen MR) is 42.4 cm³/mol. The zero-order valence-electron chi connectivity index (χ0n) is 7.26.